The van der Waals surface area contributed by atoms with Gasteiger partial charge in [-0.05, 0) is 37.3 Å². The molecule has 0 radical (unpaired) electrons. The minimum atomic E-state index is -2.63. The second kappa shape index (κ2) is 9.30. The van der Waals surface area contributed by atoms with Crippen molar-refractivity contribution >= 4 is 17.2 Å². The zero-order chi connectivity index (χ0) is 22.7. The maximum Gasteiger partial charge on any atom is 0.258 e. The number of nitrogens with one attached hydrogen (secondary N) is 1. The Balaban J connectivity index is 1.67. The van der Waals surface area contributed by atoms with Gasteiger partial charge >= 0.3 is 0 Å². The highest BCUT2D eigenvalue weighted by atomic mass is 19.3. The summed E-state index contributed by atoms with van der Waals surface area (Å²) in [6, 6.07) is 1.84. The van der Waals surface area contributed by atoms with E-state index in [1.165, 1.54) is 12.4 Å². The highest BCUT2D eigenvalue weighted by Gasteiger charge is 2.37. The lowest BCUT2D eigenvalue weighted by Gasteiger charge is -2.30. The first kappa shape index (κ1) is 22.3. The molecule has 0 spiro atoms. The molecule has 1 N–H and O–H groups in total. The van der Waals surface area contributed by atoms with Crippen molar-refractivity contribution in [1.82, 2.24) is 15.0 Å². The first-order chi connectivity index (χ1) is 15.3. The Morgan fingerprint density at radius 3 is 2.53 bits per heavy atom. The standard InChI is InChI=1S/C24H28F2N4O2/c1-15(2)22-28-12-18(13-29-22)23(31)30-21-19(17-4-3-11-32-14-17)7-10-27-20(21)16-5-8-24(25,26)9-6-16/h7,10,12-16H,3-6,8-9,11H2,1-2H3,(H,30,31). The van der Waals surface area contributed by atoms with Gasteiger partial charge in [-0.2, -0.15) is 0 Å². The average molecular weight is 443 g/mol. The minimum Gasteiger partial charge on any atom is -0.501 e. The molecule has 1 fully saturated rings. The summed E-state index contributed by atoms with van der Waals surface area (Å²) in [6.45, 7) is 4.62. The van der Waals surface area contributed by atoms with Crippen molar-refractivity contribution in [1.29, 1.82) is 0 Å². The molecule has 3 heterocycles. The van der Waals surface area contributed by atoms with Crippen LogP contribution in [0.25, 0.3) is 5.57 Å². The molecule has 170 valence electrons. The summed E-state index contributed by atoms with van der Waals surface area (Å²) in [5, 5.41) is 2.99. The molecule has 2 aliphatic rings. The molecule has 2 aromatic heterocycles. The van der Waals surface area contributed by atoms with Gasteiger partial charge < -0.3 is 10.1 Å². The number of allylic oxidation sites excluding steroid dienone is 1. The lowest BCUT2D eigenvalue weighted by Crippen LogP contribution is -2.25. The van der Waals surface area contributed by atoms with Crippen LogP contribution in [0.5, 0.6) is 0 Å². The number of pyridine rings is 1. The van der Waals surface area contributed by atoms with Gasteiger partial charge in [-0.1, -0.05) is 13.8 Å². The number of alkyl halides is 2. The molecule has 0 atom stereocenters. The van der Waals surface area contributed by atoms with Crippen LogP contribution < -0.4 is 5.32 Å². The number of carbonyl (C=O) groups is 1. The van der Waals surface area contributed by atoms with Crippen molar-refractivity contribution in [3.63, 3.8) is 0 Å². The molecular formula is C24H28F2N4O2. The van der Waals surface area contributed by atoms with Crippen LogP contribution in [0.15, 0.2) is 30.9 Å². The molecule has 1 aliphatic carbocycles. The van der Waals surface area contributed by atoms with E-state index < -0.39 is 5.92 Å². The Kier molecular flexibility index (Phi) is 6.48. The summed E-state index contributed by atoms with van der Waals surface area (Å²) >= 11 is 0. The Morgan fingerprint density at radius 2 is 1.91 bits per heavy atom. The molecule has 4 rings (SSSR count). The zero-order valence-electron chi connectivity index (χ0n) is 18.4. The van der Waals surface area contributed by atoms with E-state index in [0.29, 0.717) is 42.2 Å². The first-order valence-electron chi connectivity index (χ1n) is 11.1. The van der Waals surface area contributed by atoms with Gasteiger partial charge in [-0.25, -0.2) is 18.7 Å². The van der Waals surface area contributed by atoms with E-state index in [1.807, 2.05) is 19.9 Å². The van der Waals surface area contributed by atoms with Gasteiger partial charge in [-0.15, -0.1) is 0 Å². The van der Waals surface area contributed by atoms with Crippen LogP contribution in [0, 0.1) is 0 Å². The molecule has 0 unspecified atom stereocenters. The predicted octanol–water partition coefficient (Wildman–Crippen LogP) is 5.69. The van der Waals surface area contributed by atoms with Crippen molar-refractivity contribution in [3.8, 4) is 0 Å². The SMILES string of the molecule is CC(C)c1ncc(C(=O)Nc2c(C3=COCCC3)ccnc2C2CCC(F)(F)CC2)cn1. The number of anilines is 1. The van der Waals surface area contributed by atoms with E-state index in [0.717, 1.165) is 24.0 Å². The van der Waals surface area contributed by atoms with Crippen molar-refractivity contribution in [2.24, 2.45) is 0 Å². The van der Waals surface area contributed by atoms with Crippen LogP contribution in [0.1, 0.15) is 91.6 Å². The highest BCUT2D eigenvalue weighted by Crippen LogP contribution is 2.44. The molecule has 0 bridgehead atoms. The number of ether oxygens (including phenoxy) is 1. The number of carbonyl (C=O) groups excluding carboxylic acids is 1. The normalized spacial score (nSPS) is 18.7. The summed E-state index contributed by atoms with van der Waals surface area (Å²) in [4.78, 5) is 26.2. The van der Waals surface area contributed by atoms with E-state index in [1.54, 1.807) is 12.5 Å². The lowest BCUT2D eigenvalue weighted by atomic mass is 9.83. The molecule has 6 nitrogen and oxygen atoms in total. The Morgan fingerprint density at radius 1 is 1.19 bits per heavy atom. The Labute approximate surface area is 186 Å². The summed E-state index contributed by atoms with van der Waals surface area (Å²) in [6.07, 6.45) is 8.41. The lowest BCUT2D eigenvalue weighted by molar-refractivity contribution is -0.0384. The Bertz CT molecular complexity index is 996. The molecule has 2 aromatic rings. The van der Waals surface area contributed by atoms with Crippen molar-refractivity contribution in [2.75, 3.05) is 11.9 Å². The van der Waals surface area contributed by atoms with Crippen molar-refractivity contribution < 1.29 is 18.3 Å². The minimum absolute atomic E-state index is 0.144. The fraction of sp³-hybridized carbons (Fsp3) is 0.500. The quantitative estimate of drug-likeness (QED) is 0.644. The average Bonchev–Trinajstić information content (AvgIpc) is 2.80. The zero-order valence-corrected chi connectivity index (χ0v) is 18.4. The topological polar surface area (TPSA) is 77.0 Å². The van der Waals surface area contributed by atoms with Gasteiger partial charge in [0, 0.05) is 48.8 Å². The van der Waals surface area contributed by atoms with E-state index in [9.17, 15) is 13.6 Å². The van der Waals surface area contributed by atoms with E-state index in [-0.39, 0.29) is 30.6 Å². The molecule has 1 aliphatic heterocycles. The summed E-state index contributed by atoms with van der Waals surface area (Å²) < 4.78 is 33.0. The monoisotopic (exact) mass is 442 g/mol. The molecule has 1 amide bonds. The van der Waals surface area contributed by atoms with Gasteiger partial charge in [0.2, 0.25) is 5.92 Å². The first-order valence-corrected chi connectivity index (χ1v) is 11.1. The fourth-order valence-electron chi connectivity index (χ4n) is 4.20. The molecule has 1 saturated carbocycles. The van der Waals surface area contributed by atoms with Crippen molar-refractivity contribution in [3.05, 3.63) is 53.6 Å². The molecule has 0 saturated heterocycles. The van der Waals surface area contributed by atoms with Gasteiger partial charge in [0.25, 0.3) is 5.91 Å². The predicted molar refractivity (Wildman–Crippen MR) is 118 cm³/mol. The molecule has 32 heavy (non-hydrogen) atoms. The van der Waals surface area contributed by atoms with Crippen LogP contribution in [0.2, 0.25) is 0 Å². The number of aromatic nitrogens is 3. The smallest absolute Gasteiger partial charge is 0.258 e. The number of amides is 1. The Hall–Kier alpha value is -2.90. The van der Waals surface area contributed by atoms with Crippen LogP contribution >= 0.6 is 0 Å². The third-order valence-corrected chi connectivity index (χ3v) is 6.05. The summed E-state index contributed by atoms with van der Waals surface area (Å²) in [5.41, 5.74) is 3.33. The van der Waals surface area contributed by atoms with E-state index >= 15 is 0 Å². The van der Waals surface area contributed by atoms with Crippen LogP contribution in [0.4, 0.5) is 14.5 Å². The molecule has 0 aromatic carbocycles. The number of nitrogens with zero attached hydrogens (tertiary/aromatic N) is 3. The number of hydrogen-bond donors (Lipinski definition) is 1. The summed E-state index contributed by atoms with van der Waals surface area (Å²) in [7, 11) is 0. The third kappa shape index (κ3) is 4.95. The number of hydrogen-bond acceptors (Lipinski definition) is 5. The molecule has 8 heteroatoms. The third-order valence-electron chi connectivity index (χ3n) is 6.05. The fourth-order valence-corrected chi connectivity index (χ4v) is 4.20. The molecular weight excluding hydrogens is 414 g/mol. The maximum atomic E-state index is 13.8. The largest absolute Gasteiger partial charge is 0.501 e. The van der Waals surface area contributed by atoms with Crippen molar-refractivity contribution in [2.45, 2.75) is 70.1 Å². The van der Waals surface area contributed by atoms with E-state index in [4.69, 9.17) is 4.74 Å². The second-order valence-corrected chi connectivity index (χ2v) is 8.81. The number of rotatable bonds is 5. The highest BCUT2D eigenvalue weighted by molar-refractivity contribution is 6.05. The number of halogens is 2. The van der Waals surface area contributed by atoms with E-state index in [2.05, 4.69) is 20.3 Å². The maximum absolute atomic E-state index is 13.8. The summed E-state index contributed by atoms with van der Waals surface area (Å²) in [5.74, 6) is -2.31. The van der Waals surface area contributed by atoms with Gasteiger partial charge in [0.05, 0.1) is 29.8 Å². The second-order valence-electron chi connectivity index (χ2n) is 8.81. The van der Waals surface area contributed by atoms with Crippen LogP contribution in [-0.4, -0.2) is 33.4 Å². The van der Waals surface area contributed by atoms with Crippen LogP contribution in [-0.2, 0) is 4.74 Å². The van der Waals surface area contributed by atoms with Gasteiger partial charge in [-0.3, -0.25) is 9.78 Å². The van der Waals surface area contributed by atoms with Gasteiger partial charge in [0.1, 0.15) is 5.82 Å². The van der Waals surface area contributed by atoms with Crippen LogP contribution in [0.3, 0.4) is 0 Å². The van der Waals surface area contributed by atoms with Gasteiger partial charge in [0.15, 0.2) is 0 Å².